The molecule has 3 fully saturated rings. The monoisotopic (exact) mass is 857 g/mol. The van der Waals surface area contributed by atoms with Crippen LogP contribution in [0.15, 0.2) is 73.4 Å². The molecule has 2 aliphatic heterocycles. The van der Waals surface area contributed by atoms with Gasteiger partial charge in [-0.15, -0.1) is 0 Å². The first kappa shape index (κ1) is 50.9. The SMILES string of the molecule is C=C/C=C/CC/C=C/C=C/C=C\CC/C=C/[C@H]1OC2(CCCC2)O[C@@H]1[C@@H]1O[C@@H]([C@@H](C=O)O[Si](CC)(CC)CC)C[C@@H](O[Si](C)(C)C(C)(C)C)[C@@H]1O[Si](C)(C)C(C)(C)C. The maximum Gasteiger partial charge on any atom is 0.193 e. The highest BCUT2D eigenvalue weighted by molar-refractivity contribution is 6.75. The average molecular weight is 857 g/mol. The topological polar surface area (TPSA) is 72.5 Å². The molecule has 2 saturated heterocycles. The Morgan fingerprint density at radius 1 is 0.724 bits per heavy atom. The van der Waals surface area contributed by atoms with Gasteiger partial charge in [0.2, 0.25) is 0 Å². The van der Waals surface area contributed by atoms with Gasteiger partial charge in [0, 0.05) is 19.3 Å². The number of ether oxygens (including phenoxy) is 3. The van der Waals surface area contributed by atoms with E-state index in [0.717, 1.165) is 75.8 Å². The third-order valence-corrected chi connectivity index (χ3v) is 27.3. The van der Waals surface area contributed by atoms with Gasteiger partial charge < -0.3 is 32.3 Å². The molecule has 3 aliphatic rings. The van der Waals surface area contributed by atoms with Gasteiger partial charge in [0.1, 0.15) is 30.7 Å². The van der Waals surface area contributed by atoms with E-state index in [2.05, 4.69) is 150 Å². The van der Waals surface area contributed by atoms with Crippen LogP contribution in [-0.2, 0) is 32.3 Å². The lowest BCUT2D eigenvalue weighted by molar-refractivity contribution is -0.228. The molecule has 330 valence electrons. The second-order valence-corrected chi connectivity index (χ2v) is 34.1. The Morgan fingerprint density at radius 3 is 1.74 bits per heavy atom. The van der Waals surface area contributed by atoms with E-state index in [0.29, 0.717) is 6.42 Å². The van der Waals surface area contributed by atoms with Crippen molar-refractivity contribution in [2.75, 3.05) is 0 Å². The maximum atomic E-state index is 13.2. The van der Waals surface area contributed by atoms with Crippen LogP contribution in [-0.4, -0.2) is 79.8 Å². The zero-order valence-corrected chi connectivity index (χ0v) is 42.0. The van der Waals surface area contributed by atoms with Gasteiger partial charge in [0.15, 0.2) is 30.7 Å². The van der Waals surface area contributed by atoms with Crippen LogP contribution in [0.3, 0.4) is 0 Å². The molecule has 7 nitrogen and oxygen atoms in total. The summed E-state index contributed by atoms with van der Waals surface area (Å²) in [6.07, 6.45) is 29.1. The van der Waals surface area contributed by atoms with Gasteiger partial charge in [-0.1, -0.05) is 136 Å². The predicted octanol–water partition coefficient (Wildman–Crippen LogP) is 13.1. The van der Waals surface area contributed by atoms with Gasteiger partial charge in [-0.3, -0.25) is 0 Å². The zero-order chi connectivity index (χ0) is 43.3. The Morgan fingerprint density at radius 2 is 1.24 bits per heavy atom. The van der Waals surface area contributed by atoms with Gasteiger partial charge >= 0.3 is 0 Å². The molecule has 7 atom stereocenters. The minimum absolute atomic E-state index is 0.0246. The molecule has 0 unspecified atom stereocenters. The molecule has 58 heavy (non-hydrogen) atoms. The Bertz CT molecular complexity index is 1400. The minimum atomic E-state index is -2.36. The Kier molecular flexibility index (Phi) is 19.8. The van der Waals surface area contributed by atoms with Crippen LogP contribution in [0.5, 0.6) is 0 Å². The molecule has 0 radical (unpaired) electrons. The van der Waals surface area contributed by atoms with Crippen molar-refractivity contribution in [1.82, 2.24) is 0 Å². The molecule has 3 rings (SSSR count). The molecular formula is C48H84O7Si3. The second kappa shape index (κ2) is 22.6. The summed E-state index contributed by atoms with van der Waals surface area (Å²) in [6.45, 7) is 33.3. The van der Waals surface area contributed by atoms with Crippen LogP contribution in [0.25, 0.3) is 0 Å². The van der Waals surface area contributed by atoms with Crippen LogP contribution >= 0.6 is 0 Å². The van der Waals surface area contributed by atoms with Crippen LogP contribution in [0.2, 0.25) is 54.4 Å². The van der Waals surface area contributed by atoms with Crippen LogP contribution < -0.4 is 0 Å². The summed E-state index contributed by atoms with van der Waals surface area (Å²) in [5.41, 5.74) is 0. The highest BCUT2D eigenvalue weighted by Crippen LogP contribution is 2.48. The first-order valence-electron chi connectivity index (χ1n) is 22.7. The van der Waals surface area contributed by atoms with Gasteiger partial charge in [0.25, 0.3) is 0 Å². The number of rotatable bonds is 22. The van der Waals surface area contributed by atoms with Gasteiger partial charge in [0.05, 0.1) is 18.3 Å². The smallest absolute Gasteiger partial charge is 0.193 e. The van der Waals surface area contributed by atoms with Crippen molar-refractivity contribution in [3.8, 4) is 0 Å². The highest BCUT2D eigenvalue weighted by Gasteiger charge is 2.59. The van der Waals surface area contributed by atoms with E-state index in [9.17, 15) is 4.79 Å². The molecule has 0 bridgehead atoms. The van der Waals surface area contributed by atoms with Crippen molar-refractivity contribution >= 4 is 31.2 Å². The fraction of sp³-hybridized carbons (Fsp3) is 0.729. The fourth-order valence-electron chi connectivity index (χ4n) is 7.69. The summed E-state index contributed by atoms with van der Waals surface area (Å²) in [7, 11) is -6.83. The molecule has 2 heterocycles. The largest absolute Gasteiger partial charge is 0.411 e. The van der Waals surface area contributed by atoms with Crippen LogP contribution in [0.1, 0.15) is 120 Å². The Labute approximate surface area is 358 Å². The summed E-state index contributed by atoms with van der Waals surface area (Å²) in [5.74, 6) is -0.650. The molecule has 1 saturated carbocycles. The minimum Gasteiger partial charge on any atom is -0.411 e. The number of aldehydes is 1. The van der Waals surface area contributed by atoms with Crippen molar-refractivity contribution in [1.29, 1.82) is 0 Å². The number of unbranched alkanes of at least 4 members (excludes halogenated alkanes) is 2. The lowest BCUT2D eigenvalue weighted by atomic mass is 9.90. The van der Waals surface area contributed by atoms with Gasteiger partial charge in [-0.2, -0.15) is 0 Å². The highest BCUT2D eigenvalue weighted by atomic mass is 28.4. The third kappa shape index (κ3) is 14.0. The average Bonchev–Trinajstić information content (AvgIpc) is 3.77. The summed E-state index contributed by atoms with van der Waals surface area (Å²) in [6, 6.07) is 2.86. The number of hydrogen-bond acceptors (Lipinski definition) is 7. The molecule has 0 aromatic heterocycles. The quantitative estimate of drug-likeness (QED) is 0.0353. The van der Waals surface area contributed by atoms with E-state index in [1.54, 1.807) is 0 Å². The maximum absolute atomic E-state index is 13.2. The first-order chi connectivity index (χ1) is 27.2. The Balaban J connectivity index is 2.01. The summed E-state index contributed by atoms with van der Waals surface area (Å²) >= 11 is 0. The lowest BCUT2D eigenvalue weighted by Gasteiger charge is -2.52. The first-order valence-corrected chi connectivity index (χ1v) is 31.0. The van der Waals surface area contributed by atoms with E-state index in [1.165, 1.54) is 0 Å². The normalized spacial score (nSPS) is 27.1. The van der Waals surface area contributed by atoms with E-state index in [4.69, 9.17) is 27.5 Å². The molecule has 0 N–H and O–H groups in total. The number of hydrogen-bond donors (Lipinski definition) is 0. The van der Waals surface area contributed by atoms with E-state index >= 15 is 0 Å². The third-order valence-electron chi connectivity index (χ3n) is 13.7. The molecule has 0 aromatic rings. The van der Waals surface area contributed by atoms with Crippen molar-refractivity contribution in [3.05, 3.63) is 73.4 Å². The van der Waals surface area contributed by atoms with E-state index < -0.39 is 61.3 Å². The van der Waals surface area contributed by atoms with E-state index in [1.807, 2.05) is 12.2 Å². The Hall–Kier alpha value is -1.48. The van der Waals surface area contributed by atoms with Crippen molar-refractivity contribution < 1.29 is 32.3 Å². The lowest BCUT2D eigenvalue weighted by Crippen LogP contribution is -2.64. The molecule has 1 spiro atoms. The molecular weight excluding hydrogens is 773 g/mol. The number of allylic oxidation sites excluding steroid dienone is 10. The summed E-state index contributed by atoms with van der Waals surface area (Å²) in [4.78, 5) is 13.2. The molecule has 0 aromatic carbocycles. The van der Waals surface area contributed by atoms with Crippen molar-refractivity contribution in [3.63, 3.8) is 0 Å². The van der Waals surface area contributed by atoms with Crippen molar-refractivity contribution in [2.24, 2.45) is 0 Å². The summed E-state index contributed by atoms with van der Waals surface area (Å²) in [5, 5.41) is -0.0665. The molecule has 0 amide bonds. The zero-order valence-electron chi connectivity index (χ0n) is 39.0. The molecule has 10 heteroatoms. The summed E-state index contributed by atoms with van der Waals surface area (Å²) < 4.78 is 43.3. The number of carbonyl (C=O) groups is 1. The number of carbonyl (C=O) groups excluding carboxylic acids is 1. The second-order valence-electron chi connectivity index (χ2n) is 19.9. The fourth-order valence-corrected chi connectivity index (χ4v) is 13.1. The van der Waals surface area contributed by atoms with Crippen LogP contribution in [0, 0.1) is 0 Å². The van der Waals surface area contributed by atoms with Gasteiger partial charge in [-0.05, 0) is 92.9 Å². The molecule has 1 aliphatic carbocycles. The van der Waals surface area contributed by atoms with Crippen LogP contribution in [0.4, 0.5) is 0 Å². The predicted molar refractivity (Wildman–Crippen MR) is 251 cm³/mol. The standard InChI is InChI=1S/C48H84O7Si3/c1-15-19-20-21-22-23-24-25-26-27-28-29-30-31-34-39-43(52-48(51-39)35-32-33-36-48)45-44(55-57(13,14)47(8,9)10)41(53-56(11,12)46(5,6)7)37-40(50-45)42(38-49)54-58(16-2,17-3)18-4/h15,19-20,23-28,31,34,38-45H,1,16-18,21-22,29-30,32-33,35-37H2,2-14H3/b20-19+,24-23+,26-25+,28-27-,34-31+/t39-,40-,41-,42-,43+,44+,45+/m1/s1. The van der Waals surface area contributed by atoms with E-state index in [-0.39, 0.29) is 22.3 Å². The van der Waals surface area contributed by atoms with Crippen molar-refractivity contribution in [2.45, 2.75) is 223 Å². The van der Waals surface area contributed by atoms with Gasteiger partial charge in [-0.25, -0.2) is 0 Å².